The SMILES string of the molecule is CC(C(N)=O)C1CC(OS(C)(=O)=O)c2cc(F)ccc21. The van der Waals surface area contributed by atoms with Gasteiger partial charge < -0.3 is 5.73 Å². The van der Waals surface area contributed by atoms with Crippen molar-refractivity contribution in [2.75, 3.05) is 6.26 Å². The molecular formula is C13H16FNO4S. The Morgan fingerprint density at radius 2 is 2.10 bits per heavy atom. The Bertz CT molecular complexity index is 644. The van der Waals surface area contributed by atoms with Crippen molar-refractivity contribution in [3.63, 3.8) is 0 Å². The summed E-state index contributed by atoms with van der Waals surface area (Å²) < 4.78 is 40.9. The van der Waals surface area contributed by atoms with Gasteiger partial charge in [0.25, 0.3) is 10.1 Å². The van der Waals surface area contributed by atoms with Crippen LogP contribution in [-0.4, -0.2) is 20.6 Å². The molecule has 2 N–H and O–H groups in total. The van der Waals surface area contributed by atoms with E-state index in [0.29, 0.717) is 11.1 Å². The van der Waals surface area contributed by atoms with Gasteiger partial charge in [-0.1, -0.05) is 13.0 Å². The molecule has 3 atom stereocenters. The fourth-order valence-electron chi connectivity index (χ4n) is 2.62. The largest absolute Gasteiger partial charge is 0.369 e. The average molecular weight is 301 g/mol. The molecule has 2 rings (SSSR count). The first-order valence-corrected chi connectivity index (χ1v) is 7.97. The zero-order chi connectivity index (χ0) is 15.1. The first kappa shape index (κ1) is 14.9. The summed E-state index contributed by atoms with van der Waals surface area (Å²) in [5.41, 5.74) is 6.48. The molecule has 0 saturated heterocycles. The van der Waals surface area contributed by atoms with Gasteiger partial charge in [-0.3, -0.25) is 8.98 Å². The van der Waals surface area contributed by atoms with E-state index in [9.17, 15) is 17.6 Å². The third-order valence-electron chi connectivity index (χ3n) is 3.61. The van der Waals surface area contributed by atoms with Gasteiger partial charge in [0.1, 0.15) is 11.9 Å². The monoisotopic (exact) mass is 301 g/mol. The highest BCUT2D eigenvalue weighted by Gasteiger charge is 2.38. The number of rotatable bonds is 4. The van der Waals surface area contributed by atoms with Gasteiger partial charge in [0.2, 0.25) is 5.91 Å². The third-order valence-corrected chi connectivity index (χ3v) is 4.19. The molecule has 1 aromatic carbocycles. The van der Waals surface area contributed by atoms with E-state index < -0.39 is 33.9 Å². The average Bonchev–Trinajstić information content (AvgIpc) is 2.64. The van der Waals surface area contributed by atoms with E-state index in [2.05, 4.69) is 0 Å². The molecule has 3 unspecified atom stereocenters. The maximum atomic E-state index is 13.4. The van der Waals surface area contributed by atoms with E-state index in [1.165, 1.54) is 12.1 Å². The highest BCUT2D eigenvalue weighted by Crippen LogP contribution is 2.46. The summed E-state index contributed by atoms with van der Waals surface area (Å²) in [6.07, 6.45) is 0.453. The molecule has 0 fully saturated rings. The molecule has 0 spiro atoms. The van der Waals surface area contributed by atoms with Gasteiger partial charge in [-0.15, -0.1) is 0 Å². The molecular weight excluding hydrogens is 285 g/mol. The second-order valence-corrected chi connectivity index (χ2v) is 6.70. The number of primary amides is 1. The lowest BCUT2D eigenvalue weighted by molar-refractivity contribution is -0.122. The van der Waals surface area contributed by atoms with Crippen LogP contribution in [0.3, 0.4) is 0 Å². The summed E-state index contributed by atoms with van der Waals surface area (Å²) in [6.45, 7) is 1.67. The van der Waals surface area contributed by atoms with Crippen LogP contribution < -0.4 is 5.73 Å². The first-order chi connectivity index (χ1) is 9.19. The summed E-state index contributed by atoms with van der Waals surface area (Å²) in [5, 5.41) is 0. The lowest BCUT2D eigenvalue weighted by Gasteiger charge is -2.17. The van der Waals surface area contributed by atoms with Gasteiger partial charge in [-0.05, 0) is 35.6 Å². The summed E-state index contributed by atoms with van der Waals surface area (Å²) in [5.74, 6) is -1.70. The highest BCUT2D eigenvalue weighted by molar-refractivity contribution is 7.86. The van der Waals surface area contributed by atoms with Crippen molar-refractivity contribution >= 4 is 16.0 Å². The molecule has 0 saturated carbocycles. The summed E-state index contributed by atoms with van der Waals surface area (Å²) in [7, 11) is -3.67. The molecule has 0 radical (unpaired) electrons. The smallest absolute Gasteiger partial charge is 0.264 e. The molecule has 7 heteroatoms. The number of fused-ring (bicyclic) bond motifs is 1. The van der Waals surface area contributed by atoms with Gasteiger partial charge in [0.15, 0.2) is 0 Å². The zero-order valence-electron chi connectivity index (χ0n) is 11.2. The van der Waals surface area contributed by atoms with Crippen LogP contribution in [0, 0.1) is 11.7 Å². The second-order valence-electron chi connectivity index (χ2n) is 5.10. The van der Waals surface area contributed by atoms with Gasteiger partial charge in [0.05, 0.1) is 6.26 Å². The molecule has 0 heterocycles. The van der Waals surface area contributed by atoms with Crippen molar-refractivity contribution in [1.82, 2.24) is 0 Å². The van der Waals surface area contributed by atoms with Crippen molar-refractivity contribution in [3.8, 4) is 0 Å². The zero-order valence-corrected chi connectivity index (χ0v) is 12.0. The van der Waals surface area contributed by atoms with Crippen LogP contribution in [0.4, 0.5) is 4.39 Å². The van der Waals surface area contributed by atoms with Gasteiger partial charge >= 0.3 is 0 Å². The van der Waals surface area contributed by atoms with E-state index in [1.807, 2.05) is 0 Å². The number of nitrogens with two attached hydrogens (primary N) is 1. The Labute approximate surface area is 117 Å². The summed E-state index contributed by atoms with van der Waals surface area (Å²) >= 11 is 0. The molecule has 5 nitrogen and oxygen atoms in total. The molecule has 0 aliphatic heterocycles. The maximum Gasteiger partial charge on any atom is 0.264 e. The van der Waals surface area contributed by atoms with Crippen molar-refractivity contribution in [2.24, 2.45) is 11.7 Å². The van der Waals surface area contributed by atoms with Gasteiger partial charge in [0, 0.05) is 5.92 Å². The maximum absolute atomic E-state index is 13.4. The van der Waals surface area contributed by atoms with E-state index in [4.69, 9.17) is 9.92 Å². The topological polar surface area (TPSA) is 86.5 Å². The minimum atomic E-state index is -3.67. The van der Waals surface area contributed by atoms with Gasteiger partial charge in [-0.2, -0.15) is 8.42 Å². The number of carbonyl (C=O) groups is 1. The van der Waals surface area contributed by atoms with Gasteiger partial charge in [-0.25, -0.2) is 4.39 Å². The molecule has 1 amide bonds. The van der Waals surface area contributed by atoms with Crippen LogP contribution in [0.15, 0.2) is 18.2 Å². The number of benzene rings is 1. The lowest BCUT2D eigenvalue weighted by Crippen LogP contribution is -2.25. The van der Waals surface area contributed by atoms with Crippen LogP contribution in [0.1, 0.15) is 36.5 Å². The molecule has 1 aliphatic carbocycles. The first-order valence-electron chi connectivity index (χ1n) is 6.16. The summed E-state index contributed by atoms with van der Waals surface area (Å²) in [6, 6.07) is 4.08. The van der Waals surface area contributed by atoms with Crippen LogP contribution in [0.2, 0.25) is 0 Å². The van der Waals surface area contributed by atoms with E-state index in [-0.39, 0.29) is 12.3 Å². The predicted octanol–water partition coefficient (Wildman–Crippen LogP) is 1.45. The minimum Gasteiger partial charge on any atom is -0.369 e. The van der Waals surface area contributed by atoms with E-state index in [0.717, 1.165) is 6.26 Å². The third kappa shape index (κ3) is 2.99. The van der Waals surface area contributed by atoms with Crippen molar-refractivity contribution in [1.29, 1.82) is 0 Å². The van der Waals surface area contributed by atoms with E-state index >= 15 is 0 Å². The number of halogens is 1. The minimum absolute atomic E-state index is 0.269. The van der Waals surface area contributed by atoms with E-state index in [1.54, 1.807) is 13.0 Å². The summed E-state index contributed by atoms with van der Waals surface area (Å²) in [4.78, 5) is 11.3. The van der Waals surface area contributed by atoms with Crippen LogP contribution in [-0.2, 0) is 19.1 Å². The van der Waals surface area contributed by atoms with Crippen LogP contribution >= 0.6 is 0 Å². The Hall–Kier alpha value is -1.47. The number of hydrogen-bond acceptors (Lipinski definition) is 4. The standard InChI is InChI=1S/C13H16FNO4S/c1-7(13(15)16)10-6-12(19-20(2,17)18)11-5-8(14)3-4-9(10)11/h3-5,7,10,12H,6H2,1-2H3,(H2,15,16). The van der Waals surface area contributed by atoms with Crippen molar-refractivity contribution in [2.45, 2.75) is 25.4 Å². The second kappa shape index (κ2) is 5.14. The van der Waals surface area contributed by atoms with Crippen molar-refractivity contribution < 1.29 is 21.8 Å². The van der Waals surface area contributed by atoms with Crippen molar-refractivity contribution in [3.05, 3.63) is 35.1 Å². The number of amides is 1. The van der Waals surface area contributed by atoms with Crippen LogP contribution in [0.5, 0.6) is 0 Å². The molecule has 1 aromatic rings. The molecule has 0 aromatic heterocycles. The number of carbonyl (C=O) groups excluding carboxylic acids is 1. The fraction of sp³-hybridized carbons (Fsp3) is 0.462. The molecule has 0 bridgehead atoms. The highest BCUT2D eigenvalue weighted by atomic mass is 32.2. The molecule has 20 heavy (non-hydrogen) atoms. The Morgan fingerprint density at radius 3 is 2.65 bits per heavy atom. The lowest BCUT2D eigenvalue weighted by atomic mass is 9.88. The Kier molecular flexibility index (Phi) is 3.84. The molecule has 110 valence electrons. The number of hydrogen-bond donors (Lipinski definition) is 1. The quantitative estimate of drug-likeness (QED) is 0.853. The molecule has 1 aliphatic rings. The van der Waals surface area contributed by atoms with Crippen LogP contribution in [0.25, 0.3) is 0 Å². The predicted molar refractivity (Wildman–Crippen MR) is 70.8 cm³/mol. The normalized spacial score (nSPS) is 23.4. The fourth-order valence-corrected chi connectivity index (χ4v) is 3.22. The Morgan fingerprint density at radius 1 is 1.45 bits per heavy atom. The Balaban J connectivity index is 2.42.